The number of nitrogens with zero attached hydrogens (tertiary/aromatic N) is 3. The second-order valence-electron chi connectivity index (χ2n) is 4.61. The molecule has 21 heavy (non-hydrogen) atoms. The summed E-state index contributed by atoms with van der Waals surface area (Å²) in [5.41, 5.74) is 7.12. The summed E-state index contributed by atoms with van der Waals surface area (Å²) in [6, 6.07) is 7.30. The van der Waals surface area contributed by atoms with E-state index >= 15 is 0 Å². The molecule has 2 heterocycles. The Bertz CT molecular complexity index is 750. The predicted molar refractivity (Wildman–Crippen MR) is 83.2 cm³/mol. The number of nitrogen functional groups attached to an aromatic ring is 1. The predicted octanol–water partition coefficient (Wildman–Crippen LogP) is 1.90. The maximum Gasteiger partial charge on any atom is 0.251 e. The zero-order valence-electron chi connectivity index (χ0n) is 11.3. The van der Waals surface area contributed by atoms with Gasteiger partial charge in [0, 0.05) is 31.0 Å². The van der Waals surface area contributed by atoms with Crippen LogP contribution in [-0.2, 0) is 6.54 Å². The number of amides is 1. The average molecular weight is 301 g/mol. The van der Waals surface area contributed by atoms with E-state index in [9.17, 15) is 4.79 Å². The van der Waals surface area contributed by atoms with Gasteiger partial charge in [0.15, 0.2) is 5.13 Å². The number of carbonyl (C=O) groups excluding carboxylic acids is 1. The van der Waals surface area contributed by atoms with Crippen LogP contribution in [0.4, 0.5) is 5.13 Å². The van der Waals surface area contributed by atoms with Crippen molar-refractivity contribution in [3.8, 4) is 0 Å². The maximum atomic E-state index is 12.1. The summed E-state index contributed by atoms with van der Waals surface area (Å²) < 4.78 is 2.77. The highest BCUT2D eigenvalue weighted by atomic mass is 32.1. The van der Waals surface area contributed by atoms with E-state index in [1.54, 1.807) is 12.3 Å². The minimum absolute atomic E-state index is 0.0793. The van der Waals surface area contributed by atoms with Gasteiger partial charge < -0.3 is 11.1 Å². The number of anilines is 1. The van der Waals surface area contributed by atoms with E-state index in [-0.39, 0.29) is 5.91 Å². The summed E-state index contributed by atoms with van der Waals surface area (Å²) in [7, 11) is 0. The smallest absolute Gasteiger partial charge is 0.251 e. The molecule has 0 fully saturated rings. The third-order valence-corrected chi connectivity index (χ3v) is 3.92. The fourth-order valence-electron chi connectivity index (χ4n) is 2.06. The van der Waals surface area contributed by atoms with Crippen LogP contribution >= 0.6 is 11.3 Å². The van der Waals surface area contributed by atoms with Gasteiger partial charge in [0.25, 0.3) is 5.91 Å². The Hall–Kier alpha value is -2.41. The first-order chi connectivity index (χ1) is 10.2. The lowest BCUT2D eigenvalue weighted by Gasteiger charge is -2.05. The van der Waals surface area contributed by atoms with Gasteiger partial charge in [0.05, 0.1) is 10.2 Å². The Morgan fingerprint density at radius 1 is 1.43 bits per heavy atom. The number of aromatic nitrogens is 3. The Morgan fingerprint density at radius 2 is 2.33 bits per heavy atom. The zero-order chi connectivity index (χ0) is 14.7. The molecule has 1 aromatic carbocycles. The number of thiazole rings is 1. The molecule has 0 radical (unpaired) electrons. The lowest BCUT2D eigenvalue weighted by molar-refractivity contribution is 0.0953. The van der Waals surface area contributed by atoms with Gasteiger partial charge in [-0.3, -0.25) is 9.48 Å². The van der Waals surface area contributed by atoms with Gasteiger partial charge in [-0.2, -0.15) is 5.10 Å². The van der Waals surface area contributed by atoms with E-state index in [0.29, 0.717) is 17.2 Å². The number of aryl methyl sites for hydroxylation is 1. The fourth-order valence-corrected chi connectivity index (χ4v) is 2.83. The Morgan fingerprint density at radius 3 is 3.14 bits per heavy atom. The number of nitrogens with two attached hydrogens (primary N) is 1. The normalized spacial score (nSPS) is 10.9. The van der Waals surface area contributed by atoms with Crippen LogP contribution in [0.1, 0.15) is 16.8 Å². The first-order valence-corrected chi connectivity index (χ1v) is 7.46. The minimum atomic E-state index is -0.0793. The van der Waals surface area contributed by atoms with Gasteiger partial charge in [-0.05, 0) is 30.7 Å². The molecular formula is C14H15N5OS. The largest absolute Gasteiger partial charge is 0.375 e. The minimum Gasteiger partial charge on any atom is -0.375 e. The second-order valence-corrected chi connectivity index (χ2v) is 5.68. The molecule has 3 rings (SSSR count). The van der Waals surface area contributed by atoms with Crippen LogP contribution in [0.25, 0.3) is 10.2 Å². The highest BCUT2D eigenvalue weighted by Gasteiger charge is 2.08. The van der Waals surface area contributed by atoms with E-state index in [4.69, 9.17) is 5.73 Å². The van der Waals surface area contributed by atoms with E-state index in [2.05, 4.69) is 15.4 Å². The van der Waals surface area contributed by atoms with Crippen LogP contribution in [0.2, 0.25) is 0 Å². The maximum absolute atomic E-state index is 12.1. The fraction of sp³-hybridized carbons (Fsp3) is 0.214. The van der Waals surface area contributed by atoms with Gasteiger partial charge in [-0.1, -0.05) is 11.3 Å². The van der Waals surface area contributed by atoms with Crippen molar-refractivity contribution < 1.29 is 4.79 Å². The Labute approximate surface area is 125 Å². The van der Waals surface area contributed by atoms with Gasteiger partial charge in [0.2, 0.25) is 0 Å². The van der Waals surface area contributed by atoms with Crippen LogP contribution in [0.15, 0.2) is 36.7 Å². The Balaban J connectivity index is 1.56. The van der Waals surface area contributed by atoms with Crippen molar-refractivity contribution in [3.63, 3.8) is 0 Å². The van der Waals surface area contributed by atoms with Crippen molar-refractivity contribution in [2.24, 2.45) is 0 Å². The molecule has 3 N–H and O–H groups in total. The molecule has 0 saturated carbocycles. The van der Waals surface area contributed by atoms with E-state index in [1.165, 1.54) is 11.3 Å². The summed E-state index contributed by atoms with van der Waals surface area (Å²) in [6.45, 7) is 1.40. The van der Waals surface area contributed by atoms with E-state index in [0.717, 1.165) is 23.2 Å². The topological polar surface area (TPSA) is 85.8 Å². The van der Waals surface area contributed by atoms with Gasteiger partial charge >= 0.3 is 0 Å². The first-order valence-electron chi connectivity index (χ1n) is 6.64. The lowest BCUT2D eigenvalue weighted by atomic mass is 10.2. The van der Waals surface area contributed by atoms with Crippen LogP contribution in [0.5, 0.6) is 0 Å². The molecule has 7 heteroatoms. The molecule has 0 saturated heterocycles. The quantitative estimate of drug-likeness (QED) is 0.705. The summed E-state index contributed by atoms with van der Waals surface area (Å²) in [4.78, 5) is 16.2. The van der Waals surface area contributed by atoms with Crippen LogP contribution in [0.3, 0.4) is 0 Å². The van der Waals surface area contributed by atoms with Crippen LogP contribution in [0, 0.1) is 0 Å². The van der Waals surface area contributed by atoms with Gasteiger partial charge in [0.1, 0.15) is 0 Å². The van der Waals surface area contributed by atoms with Crippen LogP contribution in [-0.4, -0.2) is 27.2 Å². The lowest BCUT2D eigenvalue weighted by Crippen LogP contribution is -2.25. The number of benzene rings is 1. The van der Waals surface area contributed by atoms with Gasteiger partial charge in [-0.15, -0.1) is 0 Å². The van der Waals surface area contributed by atoms with Crippen molar-refractivity contribution >= 4 is 32.6 Å². The molecule has 6 nitrogen and oxygen atoms in total. The molecule has 2 aromatic heterocycles. The third kappa shape index (κ3) is 3.19. The van der Waals surface area contributed by atoms with E-state index in [1.807, 2.05) is 29.1 Å². The summed E-state index contributed by atoms with van der Waals surface area (Å²) in [5, 5.41) is 7.54. The highest BCUT2D eigenvalue weighted by Crippen LogP contribution is 2.24. The highest BCUT2D eigenvalue weighted by molar-refractivity contribution is 7.22. The number of fused-ring (bicyclic) bond motifs is 1. The summed E-state index contributed by atoms with van der Waals surface area (Å²) in [5.74, 6) is -0.0793. The zero-order valence-corrected chi connectivity index (χ0v) is 12.1. The molecule has 0 spiro atoms. The van der Waals surface area contributed by atoms with Gasteiger partial charge in [-0.25, -0.2) is 4.98 Å². The standard InChI is InChI=1S/C14H15N5OS/c15-14-18-11-4-3-10(9-12(11)21-14)13(20)16-5-1-7-19-8-2-6-17-19/h2-4,6,8-9H,1,5,7H2,(H2,15,18)(H,16,20). The number of carbonyl (C=O) groups is 1. The van der Waals surface area contributed by atoms with Crippen molar-refractivity contribution in [2.45, 2.75) is 13.0 Å². The molecule has 0 bridgehead atoms. The number of nitrogens with one attached hydrogen (secondary N) is 1. The average Bonchev–Trinajstić information content (AvgIpc) is 3.10. The number of rotatable bonds is 5. The molecule has 1 amide bonds. The molecule has 3 aromatic rings. The second kappa shape index (κ2) is 5.92. The van der Waals surface area contributed by atoms with Crippen molar-refractivity contribution in [3.05, 3.63) is 42.2 Å². The molecule has 0 aliphatic carbocycles. The molecular weight excluding hydrogens is 286 g/mol. The first kappa shape index (κ1) is 13.6. The molecule has 0 aliphatic heterocycles. The number of hydrogen-bond acceptors (Lipinski definition) is 5. The molecule has 0 unspecified atom stereocenters. The SMILES string of the molecule is Nc1nc2ccc(C(=O)NCCCn3cccn3)cc2s1. The van der Waals surface area contributed by atoms with E-state index < -0.39 is 0 Å². The summed E-state index contributed by atoms with van der Waals surface area (Å²) >= 11 is 1.39. The van der Waals surface area contributed by atoms with Crippen molar-refractivity contribution in [1.82, 2.24) is 20.1 Å². The Kier molecular flexibility index (Phi) is 3.83. The monoisotopic (exact) mass is 301 g/mol. The van der Waals surface area contributed by atoms with Crippen LogP contribution < -0.4 is 11.1 Å². The molecule has 0 aliphatic rings. The molecule has 108 valence electrons. The number of hydrogen-bond donors (Lipinski definition) is 2. The van der Waals surface area contributed by atoms with Crippen molar-refractivity contribution in [2.75, 3.05) is 12.3 Å². The summed E-state index contributed by atoms with van der Waals surface area (Å²) in [6.07, 6.45) is 4.49. The third-order valence-electron chi connectivity index (χ3n) is 3.08. The van der Waals surface area contributed by atoms with Crippen molar-refractivity contribution in [1.29, 1.82) is 0 Å². The molecule has 0 atom stereocenters.